The van der Waals surface area contributed by atoms with Gasteiger partial charge in [0.25, 0.3) is 0 Å². The van der Waals surface area contributed by atoms with Crippen LogP contribution in [0.3, 0.4) is 0 Å². The van der Waals surface area contributed by atoms with Crippen LogP contribution in [0.15, 0.2) is 53.4 Å². The summed E-state index contributed by atoms with van der Waals surface area (Å²) in [6, 6.07) is 14.2. The first-order valence-corrected chi connectivity index (χ1v) is 9.45. The first-order chi connectivity index (χ1) is 9.90. The Morgan fingerprint density at radius 3 is 2.38 bits per heavy atom. The quantitative estimate of drug-likeness (QED) is 0.568. The number of aryl methyl sites for hydroxylation is 1. The zero-order valence-electron chi connectivity index (χ0n) is 11.4. The van der Waals surface area contributed by atoms with E-state index in [9.17, 15) is 8.42 Å². The third-order valence-corrected chi connectivity index (χ3v) is 5.92. The molecule has 0 aliphatic rings. The van der Waals surface area contributed by atoms with Gasteiger partial charge >= 0.3 is 0 Å². The molecule has 0 heterocycles. The molecule has 0 spiro atoms. The molecule has 2 rings (SSSR count). The van der Waals surface area contributed by atoms with Gasteiger partial charge in [0.05, 0.1) is 8.82 Å². The highest BCUT2D eigenvalue weighted by atomic mass is 127. The van der Waals surface area contributed by atoms with Crippen molar-refractivity contribution in [1.82, 2.24) is 4.72 Å². The Kier molecular flexibility index (Phi) is 5.65. The van der Waals surface area contributed by atoms with Gasteiger partial charge in [-0.25, -0.2) is 13.1 Å². The number of alkyl halides is 1. The number of hydrogen-bond acceptors (Lipinski definition) is 2. The van der Waals surface area contributed by atoms with Crippen LogP contribution in [-0.4, -0.2) is 15.0 Å². The van der Waals surface area contributed by atoms with E-state index in [0.717, 1.165) is 11.1 Å². The summed E-state index contributed by atoms with van der Waals surface area (Å²) in [6.07, 6.45) is 0. The number of sulfonamides is 1. The summed E-state index contributed by atoms with van der Waals surface area (Å²) in [5, 5.41) is 0.645. The van der Waals surface area contributed by atoms with Crippen LogP contribution in [0.4, 0.5) is 0 Å². The molecule has 0 aliphatic heterocycles. The molecule has 6 heteroatoms. The van der Waals surface area contributed by atoms with E-state index < -0.39 is 10.0 Å². The molecule has 1 N–H and O–H groups in total. The zero-order valence-corrected chi connectivity index (χ0v) is 15.1. The van der Waals surface area contributed by atoms with Gasteiger partial charge in [-0.3, -0.25) is 0 Å². The molecule has 3 nitrogen and oxygen atoms in total. The van der Waals surface area contributed by atoms with Crippen molar-refractivity contribution in [2.45, 2.75) is 15.7 Å². The van der Waals surface area contributed by atoms with Crippen LogP contribution in [-0.2, 0) is 10.0 Å². The lowest BCUT2D eigenvalue weighted by atomic mass is 10.1. The van der Waals surface area contributed by atoms with Crippen molar-refractivity contribution < 1.29 is 8.42 Å². The molecular formula is C15H15ClINO2S. The zero-order chi connectivity index (χ0) is 15.5. The maximum absolute atomic E-state index is 12.2. The van der Waals surface area contributed by atoms with E-state index in [1.807, 2.05) is 25.1 Å². The standard InChI is InChI=1S/C15H15ClINO2S/c1-11-6-8-12(9-7-11)21(19,20)18-10-15(17)13-4-2-3-5-14(13)16/h2-9,15,18H,10H2,1H3/t15-/m0/s1. The predicted octanol–water partition coefficient (Wildman–Crippen LogP) is 4.10. The molecule has 0 saturated carbocycles. The maximum atomic E-state index is 12.2. The largest absolute Gasteiger partial charge is 0.240 e. The van der Waals surface area contributed by atoms with Crippen LogP contribution >= 0.6 is 34.2 Å². The number of hydrogen-bond donors (Lipinski definition) is 1. The Morgan fingerprint density at radius 1 is 1.14 bits per heavy atom. The Bertz CT molecular complexity index is 717. The van der Waals surface area contributed by atoms with Crippen LogP contribution in [0.2, 0.25) is 5.02 Å². The SMILES string of the molecule is Cc1ccc(S(=O)(=O)NC[C@H](I)c2ccccc2Cl)cc1. The van der Waals surface area contributed by atoms with Crippen LogP contribution in [0.1, 0.15) is 15.1 Å². The Balaban J connectivity index is 2.08. The molecular weight excluding hydrogens is 421 g/mol. The fourth-order valence-electron chi connectivity index (χ4n) is 1.82. The molecule has 0 radical (unpaired) electrons. The molecule has 1 atom stereocenters. The number of halogens is 2. The van der Waals surface area contributed by atoms with Crippen LogP contribution in [0, 0.1) is 6.92 Å². The smallest absolute Gasteiger partial charge is 0.210 e. The van der Waals surface area contributed by atoms with E-state index >= 15 is 0 Å². The predicted molar refractivity (Wildman–Crippen MR) is 94.6 cm³/mol. The number of benzene rings is 2. The molecule has 0 fully saturated rings. The van der Waals surface area contributed by atoms with Gasteiger partial charge < -0.3 is 0 Å². The molecule has 0 aromatic heterocycles. The van der Waals surface area contributed by atoms with Crippen molar-refractivity contribution in [3.05, 3.63) is 64.7 Å². The Hall–Kier alpha value is -0.630. The topological polar surface area (TPSA) is 46.2 Å². The highest BCUT2D eigenvalue weighted by Gasteiger charge is 2.17. The van der Waals surface area contributed by atoms with E-state index in [2.05, 4.69) is 27.3 Å². The summed E-state index contributed by atoms with van der Waals surface area (Å²) >= 11 is 8.31. The van der Waals surface area contributed by atoms with Crippen LogP contribution in [0.25, 0.3) is 0 Å². The van der Waals surface area contributed by atoms with Gasteiger partial charge in [0, 0.05) is 11.6 Å². The molecule has 2 aromatic rings. The highest BCUT2D eigenvalue weighted by Crippen LogP contribution is 2.29. The summed E-state index contributed by atoms with van der Waals surface area (Å²) in [5.41, 5.74) is 1.95. The fraction of sp³-hybridized carbons (Fsp3) is 0.200. The van der Waals surface area contributed by atoms with Crippen LogP contribution < -0.4 is 4.72 Å². The average Bonchev–Trinajstić information content (AvgIpc) is 2.46. The normalized spacial score (nSPS) is 13.1. The first-order valence-electron chi connectivity index (χ1n) is 6.35. The summed E-state index contributed by atoms with van der Waals surface area (Å²) in [4.78, 5) is 0.274. The highest BCUT2D eigenvalue weighted by molar-refractivity contribution is 14.1. The van der Waals surface area contributed by atoms with Gasteiger partial charge in [0.1, 0.15) is 0 Å². The fourth-order valence-corrected chi connectivity index (χ4v) is 4.38. The molecule has 0 unspecified atom stereocenters. The molecule has 0 amide bonds. The second kappa shape index (κ2) is 7.09. The maximum Gasteiger partial charge on any atom is 0.240 e. The van der Waals surface area contributed by atoms with Gasteiger partial charge in [-0.1, -0.05) is 70.1 Å². The lowest BCUT2D eigenvalue weighted by Gasteiger charge is -2.13. The second-order valence-corrected chi connectivity index (χ2v) is 8.33. The van der Waals surface area contributed by atoms with E-state index in [1.165, 1.54) is 0 Å². The van der Waals surface area contributed by atoms with Crippen molar-refractivity contribution in [2.75, 3.05) is 6.54 Å². The average molecular weight is 436 g/mol. The van der Waals surface area contributed by atoms with Crippen molar-refractivity contribution in [3.8, 4) is 0 Å². The monoisotopic (exact) mass is 435 g/mol. The Morgan fingerprint density at radius 2 is 1.76 bits per heavy atom. The van der Waals surface area contributed by atoms with Gasteiger partial charge in [-0.05, 0) is 30.7 Å². The molecule has 21 heavy (non-hydrogen) atoms. The molecule has 112 valence electrons. The third-order valence-electron chi connectivity index (χ3n) is 3.03. The molecule has 0 bridgehead atoms. The van der Waals surface area contributed by atoms with Gasteiger partial charge in [-0.15, -0.1) is 0 Å². The molecule has 2 aromatic carbocycles. The van der Waals surface area contributed by atoms with Gasteiger partial charge in [0.15, 0.2) is 0 Å². The second-order valence-electron chi connectivity index (χ2n) is 4.65. The first kappa shape index (κ1) is 16.7. The summed E-state index contributed by atoms with van der Waals surface area (Å²) in [7, 11) is -3.49. The van der Waals surface area contributed by atoms with Gasteiger partial charge in [0.2, 0.25) is 10.0 Å². The summed E-state index contributed by atoms with van der Waals surface area (Å²) in [6.45, 7) is 2.21. The third kappa shape index (κ3) is 4.42. The molecule has 0 aliphatic carbocycles. The number of rotatable bonds is 5. The lowest BCUT2D eigenvalue weighted by Crippen LogP contribution is -2.27. The minimum Gasteiger partial charge on any atom is -0.210 e. The summed E-state index contributed by atoms with van der Waals surface area (Å²) in [5.74, 6) is 0. The van der Waals surface area contributed by atoms with Crippen molar-refractivity contribution in [2.24, 2.45) is 0 Å². The van der Waals surface area contributed by atoms with Gasteiger partial charge in [-0.2, -0.15) is 0 Å². The van der Waals surface area contributed by atoms with Crippen molar-refractivity contribution in [3.63, 3.8) is 0 Å². The lowest BCUT2D eigenvalue weighted by molar-refractivity contribution is 0.582. The minimum atomic E-state index is -3.49. The number of nitrogens with one attached hydrogen (secondary N) is 1. The minimum absolute atomic E-state index is 0.0310. The van der Waals surface area contributed by atoms with Crippen LogP contribution in [0.5, 0.6) is 0 Å². The Labute approximate surface area is 143 Å². The molecule has 0 saturated heterocycles. The summed E-state index contributed by atoms with van der Waals surface area (Å²) < 4.78 is 27.0. The van der Waals surface area contributed by atoms with Crippen molar-refractivity contribution in [1.29, 1.82) is 0 Å². The van der Waals surface area contributed by atoms with E-state index in [1.54, 1.807) is 30.3 Å². The van der Waals surface area contributed by atoms with E-state index in [-0.39, 0.29) is 8.82 Å². The van der Waals surface area contributed by atoms with E-state index in [4.69, 9.17) is 11.6 Å². The van der Waals surface area contributed by atoms with E-state index in [0.29, 0.717) is 11.6 Å². The van der Waals surface area contributed by atoms with Crippen molar-refractivity contribution >= 4 is 44.2 Å².